The first kappa shape index (κ1) is 18.3. The highest BCUT2D eigenvalue weighted by Crippen LogP contribution is 2.43. The molecule has 25 heavy (non-hydrogen) atoms. The number of halogens is 2. The smallest absolute Gasteiger partial charge is 0.428 e. The monoisotopic (exact) mass is 413 g/mol. The van der Waals surface area contributed by atoms with Gasteiger partial charge in [0.25, 0.3) is 0 Å². The molecule has 1 fully saturated rings. The van der Waals surface area contributed by atoms with Crippen molar-refractivity contribution in [2.24, 2.45) is 10.8 Å². The normalized spacial score (nSPS) is 30.4. The highest BCUT2D eigenvalue weighted by molar-refractivity contribution is 9.10. The molecular weight excluding hydrogens is 393 g/mol. The number of carbonyl (C=O) groups is 1. The Morgan fingerprint density at radius 1 is 1.44 bits per heavy atom. The first-order chi connectivity index (χ1) is 11.7. The fourth-order valence-electron chi connectivity index (χ4n) is 3.70. The van der Waals surface area contributed by atoms with Crippen LogP contribution in [0.5, 0.6) is 0 Å². The average Bonchev–Trinajstić information content (AvgIpc) is 2.51. The summed E-state index contributed by atoms with van der Waals surface area (Å²) in [5.74, 6) is -0.374. The Labute approximate surface area is 153 Å². The molecule has 1 aliphatic heterocycles. The number of amides is 1. The van der Waals surface area contributed by atoms with Gasteiger partial charge < -0.3 is 15.6 Å². The van der Waals surface area contributed by atoms with Crippen molar-refractivity contribution in [2.45, 2.75) is 56.3 Å². The van der Waals surface area contributed by atoms with Crippen LogP contribution in [-0.2, 0) is 4.74 Å². The van der Waals surface area contributed by atoms with E-state index in [2.05, 4.69) is 26.5 Å². The molecule has 1 spiro atoms. The molecule has 6 nitrogen and oxygen atoms in total. The van der Waals surface area contributed by atoms with Crippen LogP contribution >= 0.6 is 15.9 Å². The summed E-state index contributed by atoms with van der Waals surface area (Å²) in [5.41, 5.74) is 7.53. The third kappa shape index (κ3) is 3.70. The number of ether oxygens (including phenoxy) is 1. The van der Waals surface area contributed by atoms with E-state index in [1.165, 1.54) is 12.1 Å². The van der Waals surface area contributed by atoms with Crippen LogP contribution in [-0.4, -0.2) is 34.2 Å². The maximum atomic E-state index is 13.4. The zero-order valence-corrected chi connectivity index (χ0v) is 15.5. The maximum absolute atomic E-state index is 13.4. The number of rotatable bonds is 3. The first-order valence-electron chi connectivity index (χ1n) is 8.24. The Bertz CT molecular complexity index is 715. The fourth-order valence-corrected chi connectivity index (χ4v) is 4.24. The van der Waals surface area contributed by atoms with Crippen LogP contribution in [0.15, 0.2) is 27.8 Å². The molecule has 0 bridgehead atoms. The highest BCUT2D eigenvalue weighted by atomic mass is 79.9. The number of hydrogen-bond donors (Lipinski definition) is 3. The van der Waals surface area contributed by atoms with Gasteiger partial charge in [0.2, 0.25) is 0 Å². The summed E-state index contributed by atoms with van der Waals surface area (Å²) < 4.78 is 19.6. The van der Waals surface area contributed by atoms with E-state index in [4.69, 9.17) is 10.5 Å². The van der Waals surface area contributed by atoms with Crippen LogP contribution in [0.4, 0.5) is 9.18 Å². The largest absolute Gasteiger partial charge is 0.435 e. The number of hydrogen-bond acceptors (Lipinski definition) is 5. The SMILES string of the molecule is CC(N)CC1(O)CCC2(CC1)OC(=O)NN=C2c1ccc(F)cc1Br. The van der Waals surface area contributed by atoms with E-state index in [-0.39, 0.29) is 11.9 Å². The molecule has 2 aliphatic rings. The van der Waals surface area contributed by atoms with Crippen LogP contribution in [0.2, 0.25) is 0 Å². The predicted molar refractivity (Wildman–Crippen MR) is 94.7 cm³/mol. The summed E-state index contributed by atoms with van der Waals surface area (Å²) >= 11 is 3.35. The minimum atomic E-state index is -0.938. The van der Waals surface area contributed by atoms with Crippen LogP contribution in [0.25, 0.3) is 0 Å². The zero-order chi connectivity index (χ0) is 18.2. The Hall–Kier alpha value is -1.51. The topological polar surface area (TPSA) is 96.9 Å². The quantitative estimate of drug-likeness (QED) is 0.709. The lowest BCUT2D eigenvalue weighted by Gasteiger charge is -2.45. The minimum absolute atomic E-state index is 0.117. The lowest BCUT2D eigenvalue weighted by Crippen LogP contribution is -2.55. The second kappa shape index (κ2) is 6.66. The molecule has 3 rings (SSSR count). The van der Waals surface area contributed by atoms with Gasteiger partial charge in [-0.25, -0.2) is 14.6 Å². The number of nitrogens with one attached hydrogen (secondary N) is 1. The van der Waals surface area contributed by atoms with E-state index < -0.39 is 17.3 Å². The summed E-state index contributed by atoms with van der Waals surface area (Å²) in [6.07, 6.45) is 1.60. The molecule has 1 heterocycles. The van der Waals surface area contributed by atoms with Gasteiger partial charge in [0.1, 0.15) is 11.5 Å². The van der Waals surface area contributed by atoms with Crippen LogP contribution in [0, 0.1) is 5.82 Å². The summed E-state index contributed by atoms with van der Waals surface area (Å²) in [5, 5.41) is 14.9. The molecule has 1 aromatic rings. The summed E-state index contributed by atoms with van der Waals surface area (Å²) in [6.45, 7) is 1.86. The number of benzene rings is 1. The lowest BCUT2D eigenvalue weighted by molar-refractivity contribution is -0.0650. The minimum Gasteiger partial charge on any atom is -0.435 e. The molecule has 1 unspecified atom stereocenters. The molecule has 4 N–H and O–H groups in total. The highest BCUT2D eigenvalue weighted by Gasteiger charge is 2.50. The molecule has 1 saturated carbocycles. The molecule has 8 heteroatoms. The molecule has 1 aliphatic carbocycles. The Balaban J connectivity index is 1.92. The third-order valence-corrected chi connectivity index (χ3v) is 5.51. The number of aliphatic hydroxyl groups is 1. The molecule has 136 valence electrons. The Morgan fingerprint density at radius 2 is 2.12 bits per heavy atom. The molecule has 0 aromatic heterocycles. The molecule has 0 saturated heterocycles. The van der Waals surface area contributed by atoms with Gasteiger partial charge in [-0.15, -0.1) is 0 Å². The molecule has 1 amide bonds. The van der Waals surface area contributed by atoms with Crippen molar-refractivity contribution < 1.29 is 19.0 Å². The predicted octanol–water partition coefficient (Wildman–Crippen LogP) is 2.81. The van der Waals surface area contributed by atoms with E-state index in [1.807, 2.05) is 6.92 Å². The maximum Gasteiger partial charge on any atom is 0.428 e. The van der Waals surface area contributed by atoms with Gasteiger partial charge in [-0.3, -0.25) is 0 Å². The zero-order valence-electron chi connectivity index (χ0n) is 13.9. The van der Waals surface area contributed by atoms with Crippen molar-refractivity contribution in [3.63, 3.8) is 0 Å². The first-order valence-corrected chi connectivity index (χ1v) is 9.03. The number of carbonyl (C=O) groups excluding carboxylic acids is 1. The van der Waals surface area contributed by atoms with Crippen molar-refractivity contribution in [1.29, 1.82) is 0 Å². The van der Waals surface area contributed by atoms with Crippen molar-refractivity contribution in [2.75, 3.05) is 0 Å². The van der Waals surface area contributed by atoms with Gasteiger partial charge >= 0.3 is 6.09 Å². The van der Waals surface area contributed by atoms with Gasteiger partial charge in [0.15, 0.2) is 5.60 Å². The van der Waals surface area contributed by atoms with Crippen LogP contribution < -0.4 is 11.2 Å². The molecule has 1 atom stereocenters. The Kier molecular flexibility index (Phi) is 4.87. The van der Waals surface area contributed by atoms with Gasteiger partial charge in [-0.05, 0) is 57.2 Å². The number of nitrogens with zero attached hydrogens (tertiary/aromatic N) is 1. The van der Waals surface area contributed by atoms with Gasteiger partial charge in [-0.2, -0.15) is 5.10 Å². The van der Waals surface area contributed by atoms with E-state index in [9.17, 15) is 14.3 Å². The van der Waals surface area contributed by atoms with Gasteiger partial charge in [-0.1, -0.05) is 15.9 Å². The molecule has 0 radical (unpaired) electrons. The van der Waals surface area contributed by atoms with Gasteiger partial charge in [0.05, 0.1) is 5.60 Å². The summed E-state index contributed by atoms with van der Waals surface area (Å²) in [4.78, 5) is 11.8. The molecule has 1 aromatic carbocycles. The fraction of sp³-hybridized carbons (Fsp3) is 0.529. The third-order valence-electron chi connectivity index (χ3n) is 4.86. The van der Waals surface area contributed by atoms with Crippen LogP contribution in [0.3, 0.4) is 0 Å². The van der Waals surface area contributed by atoms with Crippen LogP contribution in [0.1, 0.15) is 44.6 Å². The molecular formula is C17H21BrFN3O3. The Morgan fingerprint density at radius 3 is 2.72 bits per heavy atom. The second-order valence-electron chi connectivity index (χ2n) is 6.99. The van der Waals surface area contributed by atoms with Crippen molar-refractivity contribution in [3.05, 3.63) is 34.1 Å². The second-order valence-corrected chi connectivity index (χ2v) is 7.84. The van der Waals surface area contributed by atoms with E-state index in [0.29, 0.717) is 47.9 Å². The van der Waals surface area contributed by atoms with Gasteiger partial charge in [0, 0.05) is 16.1 Å². The van der Waals surface area contributed by atoms with Crippen molar-refractivity contribution >= 4 is 27.7 Å². The summed E-state index contributed by atoms with van der Waals surface area (Å²) in [7, 11) is 0. The average molecular weight is 414 g/mol. The number of nitrogens with two attached hydrogens (primary N) is 1. The lowest BCUT2D eigenvalue weighted by atomic mass is 9.70. The van der Waals surface area contributed by atoms with Crippen molar-refractivity contribution in [3.8, 4) is 0 Å². The van der Waals surface area contributed by atoms with E-state index >= 15 is 0 Å². The van der Waals surface area contributed by atoms with E-state index in [0.717, 1.165) is 0 Å². The standard InChI is InChI=1S/C17H21BrFN3O3/c1-10(20)9-16(24)4-6-17(7-5-16)14(21-22-15(23)25-17)12-3-2-11(19)8-13(12)18/h2-3,8,10,24H,4-7,9,20H2,1H3,(H,22,23). The van der Waals surface area contributed by atoms with E-state index in [1.54, 1.807) is 6.07 Å². The number of hydrazone groups is 1. The summed E-state index contributed by atoms with van der Waals surface area (Å²) in [6, 6.07) is 4.16. The van der Waals surface area contributed by atoms with Crippen molar-refractivity contribution in [1.82, 2.24) is 5.43 Å².